The number of hydrogen-bond acceptors (Lipinski definition) is 9. The normalized spacial score (nSPS) is 24.0. The maximum Gasteiger partial charge on any atom is 0.342 e. The minimum atomic E-state index is -0.709. The van der Waals surface area contributed by atoms with Crippen LogP contribution in [0.25, 0.3) is 0 Å². The SMILES string of the molecule is CC(=O)Oc1ccccc1C(=O)O[C@H]1CO[C@H]2[C@@H]1OC[C@H]2OC(=O)c1cc(C)nc(Cl)c1. The van der Waals surface area contributed by atoms with Gasteiger partial charge in [0.25, 0.3) is 0 Å². The van der Waals surface area contributed by atoms with E-state index < -0.39 is 42.3 Å². The molecular formula is C22H20ClNO8. The molecule has 10 heteroatoms. The summed E-state index contributed by atoms with van der Waals surface area (Å²) in [6.07, 6.45) is -2.56. The lowest BCUT2D eigenvalue weighted by atomic mass is 10.1. The Balaban J connectivity index is 1.40. The number of ether oxygens (including phenoxy) is 5. The topological polar surface area (TPSA) is 110 Å². The summed E-state index contributed by atoms with van der Waals surface area (Å²) in [5.74, 6) is -1.71. The Morgan fingerprint density at radius 3 is 2.25 bits per heavy atom. The van der Waals surface area contributed by atoms with E-state index in [2.05, 4.69) is 4.98 Å². The molecular weight excluding hydrogens is 442 g/mol. The van der Waals surface area contributed by atoms with Gasteiger partial charge in [0.1, 0.15) is 28.7 Å². The van der Waals surface area contributed by atoms with Crippen molar-refractivity contribution in [3.63, 3.8) is 0 Å². The molecule has 0 N–H and O–H groups in total. The highest BCUT2D eigenvalue weighted by atomic mass is 35.5. The van der Waals surface area contributed by atoms with Gasteiger partial charge < -0.3 is 23.7 Å². The number of carbonyl (C=O) groups is 3. The highest BCUT2D eigenvalue weighted by Gasteiger charge is 2.51. The maximum atomic E-state index is 12.7. The van der Waals surface area contributed by atoms with Crippen molar-refractivity contribution in [2.45, 2.75) is 38.3 Å². The minimum absolute atomic E-state index is 0.0745. The summed E-state index contributed by atoms with van der Waals surface area (Å²) < 4.78 is 27.6. The summed E-state index contributed by atoms with van der Waals surface area (Å²) in [6.45, 7) is 3.13. The van der Waals surface area contributed by atoms with Gasteiger partial charge in [-0.3, -0.25) is 4.79 Å². The molecule has 2 aliphatic rings. The van der Waals surface area contributed by atoms with E-state index in [9.17, 15) is 14.4 Å². The van der Waals surface area contributed by atoms with Crippen LogP contribution in [0.5, 0.6) is 5.75 Å². The van der Waals surface area contributed by atoms with Crippen LogP contribution in [0.2, 0.25) is 5.15 Å². The fourth-order valence-corrected chi connectivity index (χ4v) is 3.91. The van der Waals surface area contributed by atoms with E-state index in [1.54, 1.807) is 25.1 Å². The molecule has 3 heterocycles. The highest BCUT2D eigenvalue weighted by Crippen LogP contribution is 2.32. The van der Waals surface area contributed by atoms with Crippen LogP contribution in [0.15, 0.2) is 36.4 Å². The second-order valence-electron chi connectivity index (χ2n) is 7.39. The standard InChI is InChI=1S/C22H20ClNO8/c1-11-7-13(8-18(23)24-11)21(26)31-16-9-28-20-17(10-29-19(16)20)32-22(27)14-5-3-4-6-15(14)30-12(2)25/h3-8,16-17,19-20H,9-10H2,1-2H3/t16-,17+,19-,20-/m1/s1. The lowest BCUT2D eigenvalue weighted by molar-refractivity contribution is -0.131. The molecule has 0 saturated carbocycles. The Morgan fingerprint density at radius 2 is 1.62 bits per heavy atom. The Hall–Kier alpha value is -3.01. The van der Waals surface area contributed by atoms with Crippen LogP contribution >= 0.6 is 11.6 Å². The lowest BCUT2D eigenvalue weighted by Crippen LogP contribution is -2.36. The molecule has 4 atom stereocenters. The Bertz CT molecular complexity index is 1040. The zero-order valence-electron chi connectivity index (χ0n) is 17.3. The van der Waals surface area contributed by atoms with Crippen LogP contribution in [-0.4, -0.2) is 60.5 Å². The first kappa shape index (κ1) is 22.2. The Kier molecular flexibility index (Phi) is 6.40. The van der Waals surface area contributed by atoms with Crippen molar-refractivity contribution >= 4 is 29.5 Å². The van der Waals surface area contributed by atoms with Gasteiger partial charge in [-0.25, -0.2) is 14.6 Å². The van der Waals surface area contributed by atoms with E-state index >= 15 is 0 Å². The Morgan fingerprint density at radius 1 is 1.00 bits per heavy atom. The quantitative estimate of drug-likeness (QED) is 0.376. The third-order valence-corrected chi connectivity index (χ3v) is 5.19. The van der Waals surface area contributed by atoms with Gasteiger partial charge in [-0.1, -0.05) is 23.7 Å². The van der Waals surface area contributed by atoms with Crippen molar-refractivity contribution in [2.75, 3.05) is 13.2 Å². The zero-order chi connectivity index (χ0) is 22.8. The molecule has 9 nitrogen and oxygen atoms in total. The van der Waals surface area contributed by atoms with Crippen LogP contribution < -0.4 is 4.74 Å². The first-order valence-electron chi connectivity index (χ1n) is 9.88. The third kappa shape index (κ3) is 4.74. The van der Waals surface area contributed by atoms with Gasteiger partial charge in [-0.15, -0.1) is 0 Å². The molecule has 2 saturated heterocycles. The van der Waals surface area contributed by atoms with Gasteiger partial charge in [-0.2, -0.15) is 0 Å². The molecule has 32 heavy (non-hydrogen) atoms. The number of rotatable bonds is 5. The van der Waals surface area contributed by atoms with Gasteiger partial charge in [0.15, 0.2) is 12.2 Å². The van der Waals surface area contributed by atoms with Gasteiger partial charge >= 0.3 is 17.9 Å². The number of para-hydroxylation sites is 1. The molecule has 0 radical (unpaired) electrons. The van der Waals surface area contributed by atoms with Crippen molar-refractivity contribution in [1.82, 2.24) is 4.98 Å². The monoisotopic (exact) mass is 461 g/mol. The van der Waals surface area contributed by atoms with E-state index in [4.69, 9.17) is 35.3 Å². The van der Waals surface area contributed by atoms with Crippen molar-refractivity contribution < 1.29 is 38.1 Å². The van der Waals surface area contributed by atoms with Crippen molar-refractivity contribution in [3.05, 3.63) is 58.4 Å². The molecule has 0 aliphatic carbocycles. The molecule has 168 valence electrons. The van der Waals surface area contributed by atoms with Crippen LogP contribution in [0.3, 0.4) is 0 Å². The summed E-state index contributed by atoms with van der Waals surface area (Å²) in [4.78, 5) is 40.5. The maximum absolute atomic E-state index is 12.7. The number of fused-ring (bicyclic) bond motifs is 1. The number of hydrogen-bond donors (Lipinski definition) is 0. The molecule has 0 unspecified atom stereocenters. The predicted octanol–water partition coefficient (Wildman–Crippen LogP) is 2.52. The molecule has 0 bridgehead atoms. The first-order chi connectivity index (χ1) is 15.3. The fourth-order valence-electron chi connectivity index (χ4n) is 3.66. The fraction of sp³-hybridized carbons (Fsp3) is 0.364. The molecule has 4 rings (SSSR count). The number of aryl methyl sites for hydroxylation is 1. The summed E-state index contributed by atoms with van der Waals surface area (Å²) in [5.41, 5.74) is 0.967. The average molecular weight is 462 g/mol. The number of benzene rings is 1. The largest absolute Gasteiger partial charge is 0.453 e. The predicted molar refractivity (Wildman–Crippen MR) is 110 cm³/mol. The number of aromatic nitrogens is 1. The van der Waals surface area contributed by atoms with Crippen LogP contribution in [0.1, 0.15) is 33.3 Å². The highest BCUT2D eigenvalue weighted by molar-refractivity contribution is 6.29. The third-order valence-electron chi connectivity index (χ3n) is 5.00. The number of nitrogens with zero attached hydrogens (tertiary/aromatic N) is 1. The average Bonchev–Trinajstić information content (AvgIpc) is 3.30. The van der Waals surface area contributed by atoms with Crippen LogP contribution in [0, 0.1) is 6.92 Å². The van der Waals surface area contributed by atoms with Crippen LogP contribution in [-0.2, 0) is 23.7 Å². The van der Waals surface area contributed by atoms with E-state index in [-0.39, 0.29) is 35.2 Å². The smallest absolute Gasteiger partial charge is 0.342 e. The molecule has 0 amide bonds. The summed E-state index contributed by atoms with van der Waals surface area (Å²) in [6, 6.07) is 9.26. The second kappa shape index (κ2) is 9.23. The molecule has 0 spiro atoms. The van der Waals surface area contributed by atoms with Crippen molar-refractivity contribution in [3.8, 4) is 5.75 Å². The molecule has 1 aromatic carbocycles. The number of pyridine rings is 1. The van der Waals surface area contributed by atoms with Gasteiger partial charge in [0.2, 0.25) is 0 Å². The first-order valence-corrected chi connectivity index (χ1v) is 10.3. The molecule has 2 aliphatic heterocycles. The molecule has 1 aromatic heterocycles. The van der Waals surface area contributed by atoms with Crippen molar-refractivity contribution in [2.24, 2.45) is 0 Å². The molecule has 2 fully saturated rings. The zero-order valence-corrected chi connectivity index (χ0v) is 18.0. The van der Waals surface area contributed by atoms with Crippen LogP contribution in [0.4, 0.5) is 0 Å². The van der Waals surface area contributed by atoms with E-state index in [1.165, 1.54) is 25.1 Å². The summed E-state index contributed by atoms with van der Waals surface area (Å²) in [5, 5.41) is 0.190. The summed E-state index contributed by atoms with van der Waals surface area (Å²) in [7, 11) is 0. The van der Waals surface area contributed by atoms with E-state index in [0.29, 0.717) is 5.69 Å². The summed E-state index contributed by atoms with van der Waals surface area (Å²) >= 11 is 5.91. The van der Waals surface area contributed by atoms with Gasteiger partial charge in [0.05, 0.1) is 18.8 Å². The number of esters is 3. The lowest BCUT2D eigenvalue weighted by Gasteiger charge is -2.18. The molecule has 2 aromatic rings. The van der Waals surface area contributed by atoms with E-state index in [0.717, 1.165) is 0 Å². The van der Waals surface area contributed by atoms with E-state index in [1.807, 2.05) is 0 Å². The second-order valence-corrected chi connectivity index (χ2v) is 7.78. The Labute approximate surface area is 188 Å². The minimum Gasteiger partial charge on any atom is -0.453 e. The number of carbonyl (C=O) groups excluding carboxylic acids is 3. The van der Waals surface area contributed by atoms with Gasteiger partial charge in [0, 0.05) is 12.6 Å². The van der Waals surface area contributed by atoms with Gasteiger partial charge in [-0.05, 0) is 31.2 Å². The van der Waals surface area contributed by atoms with Crippen molar-refractivity contribution in [1.29, 1.82) is 0 Å². The number of halogens is 1.